The summed E-state index contributed by atoms with van der Waals surface area (Å²) in [6, 6.07) is 13.9. The number of hydrogen-bond donors (Lipinski definition) is 1. The van der Waals surface area contributed by atoms with E-state index in [1.807, 2.05) is 12.1 Å². The zero-order valence-corrected chi connectivity index (χ0v) is 18.6. The van der Waals surface area contributed by atoms with Gasteiger partial charge >= 0.3 is 0 Å². The second kappa shape index (κ2) is 8.56. The van der Waals surface area contributed by atoms with Gasteiger partial charge in [0.2, 0.25) is 0 Å². The summed E-state index contributed by atoms with van der Waals surface area (Å²) in [5, 5.41) is 9.83. The predicted octanol–water partition coefficient (Wildman–Crippen LogP) is 4.90. The topological polar surface area (TPSA) is 79.3 Å². The van der Waals surface area contributed by atoms with Gasteiger partial charge in [-0.25, -0.2) is 4.39 Å². The van der Waals surface area contributed by atoms with Crippen molar-refractivity contribution >= 4 is 21.7 Å². The van der Waals surface area contributed by atoms with E-state index in [1.165, 1.54) is 12.1 Å². The molecular formula is C24H21BrFN3O2. The number of hydrogen-bond acceptors (Lipinski definition) is 5. The smallest absolute Gasteiger partial charge is 0.161 e. The van der Waals surface area contributed by atoms with E-state index in [1.54, 1.807) is 30.1 Å². The normalized spacial score (nSPS) is 18.7. The van der Waals surface area contributed by atoms with Crippen molar-refractivity contribution in [2.24, 2.45) is 5.73 Å². The highest BCUT2D eigenvalue weighted by atomic mass is 79.9. The number of nitriles is 1. The van der Waals surface area contributed by atoms with Gasteiger partial charge in [0.05, 0.1) is 22.0 Å². The fraction of sp³-hybridized carbons (Fsp3) is 0.250. The summed E-state index contributed by atoms with van der Waals surface area (Å²) < 4.78 is 19.6. The Morgan fingerprint density at radius 1 is 1.26 bits per heavy atom. The molecule has 1 aliphatic heterocycles. The van der Waals surface area contributed by atoms with Crippen LogP contribution in [0.25, 0.3) is 0 Å². The Bertz CT molecular complexity index is 1150. The molecule has 1 heterocycles. The maximum absolute atomic E-state index is 13.1. The Morgan fingerprint density at radius 3 is 2.68 bits per heavy atom. The first kappa shape index (κ1) is 21.1. The second-order valence-corrected chi connectivity index (χ2v) is 8.50. The fourth-order valence-electron chi connectivity index (χ4n) is 4.15. The number of rotatable bonds is 4. The largest absolute Gasteiger partial charge is 0.488 e. The van der Waals surface area contributed by atoms with Crippen LogP contribution in [0.1, 0.15) is 36.3 Å². The van der Waals surface area contributed by atoms with Crippen LogP contribution in [-0.2, 0) is 11.4 Å². The van der Waals surface area contributed by atoms with Gasteiger partial charge in [-0.15, -0.1) is 0 Å². The molecule has 4 rings (SSSR count). The Morgan fingerprint density at radius 2 is 2.00 bits per heavy atom. The van der Waals surface area contributed by atoms with Crippen LogP contribution < -0.4 is 10.5 Å². The first-order valence-electron chi connectivity index (χ1n) is 9.97. The van der Waals surface area contributed by atoms with Gasteiger partial charge in [0.1, 0.15) is 24.0 Å². The molecule has 1 aliphatic carbocycles. The minimum absolute atomic E-state index is 0.0612. The lowest BCUT2D eigenvalue weighted by Crippen LogP contribution is -2.36. The van der Waals surface area contributed by atoms with Crippen molar-refractivity contribution in [3.8, 4) is 11.8 Å². The van der Waals surface area contributed by atoms with Crippen molar-refractivity contribution in [2.45, 2.75) is 31.8 Å². The molecule has 5 nitrogen and oxygen atoms in total. The molecular weight excluding hydrogens is 461 g/mol. The molecule has 2 aromatic carbocycles. The van der Waals surface area contributed by atoms with E-state index in [-0.39, 0.29) is 18.2 Å². The molecule has 0 radical (unpaired) electrons. The SMILES string of the molecule is CN1C(N)=C(C#N)[C@@H](c2ccc(OCc3ccc(F)cc3)c(Br)c2)C2=C1CCCC2=O. The summed E-state index contributed by atoms with van der Waals surface area (Å²) in [5.41, 5.74) is 9.86. The zero-order chi connectivity index (χ0) is 22.1. The molecule has 0 amide bonds. The third kappa shape index (κ3) is 3.96. The van der Waals surface area contributed by atoms with E-state index in [0.29, 0.717) is 33.6 Å². The molecule has 1 atom stereocenters. The van der Waals surface area contributed by atoms with Crippen LogP contribution in [0.4, 0.5) is 4.39 Å². The predicted molar refractivity (Wildman–Crippen MR) is 118 cm³/mol. The van der Waals surface area contributed by atoms with E-state index in [4.69, 9.17) is 10.5 Å². The highest BCUT2D eigenvalue weighted by Crippen LogP contribution is 2.45. The Hall–Kier alpha value is -3.11. The number of carbonyl (C=O) groups excluding carboxylic acids is 1. The highest BCUT2D eigenvalue weighted by Gasteiger charge is 2.38. The van der Waals surface area contributed by atoms with Crippen LogP contribution in [-0.4, -0.2) is 17.7 Å². The van der Waals surface area contributed by atoms with Gasteiger partial charge in [0.15, 0.2) is 5.78 Å². The highest BCUT2D eigenvalue weighted by molar-refractivity contribution is 9.10. The zero-order valence-electron chi connectivity index (χ0n) is 17.0. The van der Waals surface area contributed by atoms with Gasteiger partial charge in [-0.2, -0.15) is 5.26 Å². The van der Waals surface area contributed by atoms with E-state index in [2.05, 4.69) is 22.0 Å². The summed E-state index contributed by atoms with van der Waals surface area (Å²) >= 11 is 3.54. The van der Waals surface area contributed by atoms with Crippen LogP contribution in [0.2, 0.25) is 0 Å². The lowest BCUT2D eigenvalue weighted by Gasteiger charge is -2.37. The summed E-state index contributed by atoms with van der Waals surface area (Å²) in [4.78, 5) is 14.6. The Kier molecular flexibility index (Phi) is 5.84. The number of halogens is 2. The van der Waals surface area contributed by atoms with Crippen LogP contribution in [0, 0.1) is 17.1 Å². The van der Waals surface area contributed by atoms with Crippen LogP contribution in [0.5, 0.6) is 5.75 Å². The van der Waals surface area contributed by atoms with Gasteiger partial charge in [-0.3, -0.25) is 4.79 Å². The molecule has 0 bridgehead atoms. The first-order valence-corrected chi connectivity index (χ1v) is 10.8. The van der Waals surface area contributed by atoms with Crippen molar-refractivity contribution in [1.82, 2.24) is 4.90 Å². The number of carbonyl (C=O) groups is 1. The average molecular weight is 482 g/mol. The molecule has 2 aliphatic rings. The van der Waals surface area contributed by atoms with Crippen LogP contribution in [0.3, 0.4) is 0 Å². The second-order valence-electron chi connectivity index (χ2n) is 7.64. The minimum Gasteiger partial charge on any atom is -0.488 e. The lowest BCUT2D eigenvalue weighted by atomic mass is 9.76. The Balaban J connectivity index is 1.67. The van der Waals surface area contributed by atoms with Crippen LogP contribution in [0.15, 0.2) is 69.6 Å². The van der Waals surface area contributed by atoms with Crippen LogP contribution >= 0.6 is 15.9 Å². The van der Waals surface area contributed by atoms with Gasteiger partial charge in [-0.1, -0.05) is 18.2 Å². The summed E-state index contributed by atoms with van der Waals surface area (Å²) in [7, 11) is 1.80. The third-order valence-electron chi connectivity index (χ3n) is 5.77. The molecule has 0 spiro atoms. The van der Waals surface area contributed by atoms with E-state index in [9.17, 15) is 14.4 Å². The Labute approximate surface area is 188 Å². The van der Waals surface area contributed by atoms with Crippen molar-refractivity contribution in [3.63, 3.8) is 0 Å². The third-order valence-corrected chi connectivity index (χ3v) is 6.39. The molecule has 0 saturated carbocycles. The number of benzene rings is 2. The number of nitrogens with zero attached hydrogens (tertiary/aromatic N) is 2. The van der Waals surface area contributed by atoms with E-state index < -0.39 is 5.92 Å². The van der Waals surface area contributed by atoms with Crippen molar-refractivity contribution in [2.75, 3.05) is 7.05 Å². The number of ether oxygens (including phenoxy) is 1. The molecule has 0 aromatic heterocycles. The molecule has 2 aromatic rings. The maximum atomic E-state index is 13.1. The van der Waals surface area contributed by atoms with Crippen molar-refractivity contribution in [1.29, 1.82) is 5.26 Å². The number of ketones is 1. The van der Waals surface area contributed by atoms with E-state index >= 15 is 0 Å². The van der Waals surface area contributed by atoms with Gasteiger partial charge in [-0.05, 0) is 64.2 Å². The van der Waals surface area contributed by atoms with E-state index in [0.717, 1.165) is 29.7 Å². The van der Waals surface area contributed by atoms with Gasteiger partial charge < -0.3 is 15.4 Å². The molecule has 158 valence electrons. The molecule has 0 fully saturated rings. The number of Topliss-reactive ketones (excluding diaryl/α,β-unsaturated/α-hetero) is 1. The van der Waals surface area contributed by atoms with Gasteiger partial charge in [0.25, 0.3) is 0 Å². The summed E-state index contributed by atoms with van der Waals surface area (Å²) in [5.74, 6) is 0.269. The summed E-state index contributed by atoms with van der Waals surface area (Å²) in [6.07, 6.45) is 2.01. The molecule has 0 unspecified atom stereocenters. The first-order chi connectivity index (χ1) is 14.9. The molecule has 7 heteroatoms. The standard InChI is InChI=1S/C24H21BrFN3O2/c1-29-19-3-2-4-20(30)23(19)22(17(12-27)24(29)28)15-7-10-21(18(25)11-15)31-13-14-5-8-16(26)9-6-14/h5-11,22H,2-4,13,28H2,1H3/t22-/m1/s1. The molecule has 2 N–H and O–H groups in total. The maximum Gasteiger partial charge on any atom is 0.161 e. The fourth-order valence-corrected chi connectivity index (χ4v) is 4.66. The number of nitrogens with two attached hydrogens (primary N) is 1. The van der Waals surface area contributed by atoms with Crippen molar-refractivity contribution in [3.05, 3.63) is 86.5 Å². The monoisotopic (exact) mass is 481 g/mol. The quantitative estimate of drug-likeness (QED) is 0.671. The lowest BCUT2D eigenvalue weighted by molar-refractivity contribution is -0.116. The van der Waals surface area contributed by atoms with Gasteiger partial charge in [0, 0.05) is 24.7 Å². The minimum atomic E-state index is -0.494. The molecule has 0 saturated heterocycles. The summed E-state index contributed by atoms with van der Waals surface area (Å²) in [6.45, 7) is 0.288. The van der Waals surface area contributed by atoms with Crippen molar-refractivity contribution < 1.29 is 13.9 Å². The number of allylic oxidation sites excluding steroid dienone is 3. The average Bonchev–Trinajstić information content (AvgIpc) is 2.76. The molecule has 31 heavy (non-hydrogen) atoms.